The second-order valence-corrected chi connectivity index (χ2v) is 4.66. The van der Waals surface area contributed by atoms with Crippen LogP contribution < -0.4 is 4.74 Å². The molecule has 2 rings (SSSR count). The number of carbonyl (C=O) groups is 1. The van der Waals surface area contributed by atoms with E-state index in [0.717, 1.165) is 19.4 Å². The van der Waals surface area contributed by atoms with Gasteiger partial charge in [-0.05, 0) is 31.9 Å². The lowest BCUT2D eigenvalue weighted by Gasteiger charge is -2.32. The van der Waals surface area contributed by atoms with Crippen LogP contribution in [0, 0.1) is 11.3 Å². The molecule has 2 heterocycles. The Morgan fingerprint density at radius 3 is 3.25 bits per heavy atom. The lowest BCUT2D eigenvalue weighted by Crippen LogP contribution is -2.43. The highest BCUT2D eigenvalue weighted by Gasteiger charge is 2.23. The molecular formula is C15H17N3O2. The first-order valence-electron chi connectivity index (χ1n) is 6.67. The van der Waals surface area contributed by atoms with Gasteiger partial charge in [0.2, 0.25) is 11.8 Å². The van der Waals surface area contributed by atoms with Gasteiger partial charge in [-0.2, -0.15) is 5.26 Å². The third-order valence-corrected chi connectivity index (χ3v) is 3.15. The Labute approximate surface area is 118 Å². The number of nitriles is 1. The highest BCUT2D eigenvalue weighted by molar-refractivity contribution is 5.87. The van der Waals surface area contributed by atoms with Crippen molar-refractivity contribution in [2.24, 2.45) is 0 Å². The summed E-state index contributed by atoms with van der Waals surface area (Å²) in [6, 6.07) is 5.31. The first-order valence-corrected chi connectivity index (χ1v) is 6.67. The van der Waals surface area contributed by atoms with E-state index in [0.29, 0.717) is 18.0 Å². The molecule has 5 nitrogen and oxygen atoms in total. The van der Waals surface area contributed by atoms with Gasteiger partial charge >= 0.3 is 0 Å². The van der Waals surface area contributed by atoms with Crippen LogP contribution in [0.3, 0.4) is 0 Å². The molecule has 1 aromatic heterocycles. The molecule has 1 aliphatic heterocycles. The minimum Gasteiger partial charge on any atom is -0.472 e. The summed E-state index contributed by atoms with van der Waals surface area (Å²) in [6.07, 6.45) is 6.59. The zero-order valence-electron chi connectivity index (χ0n) is 11.5. The molecule has 1 aromatic rings. The average molecular weight is 271 g/mol. The topological polar surface area (TPSA) is 66.2 Å². The van der Waals surface area contributed by atoms with Crippen LogP contribution in [0.15, 0.2) is 30.5 Å². The number of nitrogens with zero attached hydrogens (tertiary/aromatic N) is 3. The standard InChI is InChI=1S/C15H17N3O2/c1-2-4-15(19)18-8-3-5-13(11-18)20-14-9-12(10-16)6-7-17-14/h2,4,6-7,9,13H,3,5,8,11H2,1H3/b4-2+. The summed E-state index contributed by atoms with van der Waals surface area (Å²) in [7, 11) is 0. The molecule has 0 N–H and O–H groups in total. The van der Waals surface area contributed by atoms with Crippen LogP contribution >= 0.6 is 0 Å². The van der Waals surface area contributed by atoms with Gasteiger partial charge in [-0.25, -0.2) is 4.98 Å². The molecule has 5 heteroatoms. The predicted octanol–water partition coefficient (Wildman–Crippen LogP) is 1.90. The van der Waals surface area contributed by atoms with Crippen LogP contribution in [-0.2, 0) is 4.79 Å². The van der Waals surface area contributed by atoms with Crippen LogP contribution in [0.4, 0.5) is 0 Å². The molecule has 0 aliphatic carbocycles. The smallest absolute Gasteiger partial charge is 0.246 e. The van der Waals surface area contributed by atoms with E-state index in [2.05, 4.69) is 11.1 Å². The maximum Gasteiger partial charge on any atom is 0.246 e. The SMILES string of the molecule is C/C=C/C(=O)N1CCCC(Oc2cc(C#N)ccn2)C1. The number of hydrogen-bond donors (Lipinski definition) is 0. The Balaban J connectivity index is 1.99. The van der Waals surface area contributed by atoms with Crippen LogP contribution in [0.25, 0.3) is 0 Å². The molecular weight excluding hydrogens is 254 g/mol. The van der Waals surface area contributed by atoms with Gasteiger partial charge in [0.25, 0.3) is 0 Å². The first-order chi connectivity index (χ1) is 9.72. The van der Waals surface area contributed by atoms with Crippen LogP contribution in [0.5, 0.6) is 5.88 Å². The van der Waals surface area contributed by atoms with Gasteiger partial charge in [0, 0.05) is 18.8 Å². The Morgan fingerprint density at radius 2 is 2.50 bits per heavy atom. The average Bonchev–Trinajstić information content (AvgIpc) is 2.48. The number of rotatable bonds is 3. The van der Waals surface area contributed by atoms with Crippen molar-refractivity contribution in [3.05, 3.63) is 36.0 Å². The van der Waals surface area contributed by atoms with Crippen molar-refractivity contribution in [1.82, 2.24) is 9.88 Å². The Hall–Kier alpha value is -2.35. The van der Waals surface area contributed by atoms with E-state index in [9.17, 15) is 4.79 Å². The van der Waals surface area contributed by atoms with E-state index in [1.807, 2.05) is 6.92 Å². The molecule has 0 saturated carbocycles. The zero-order chi connectivity index (χ0) is 14.4. The van der Waals surface area contributed by atoms with E-state index < -0.39 is 0 Å². The van der Waals surface area contributed by atoms with Crippen molar-refractivity contribution in [2.45, 2.75) is 25.9 Å². The second-order valence-electron chi connectivity index (χ2n) is 4.66. The largest absolute Gasteiger partial charge is 0.472 e. The van der Waals surface area contributed by atoms with E-state index in [1.54, 1.807) is 35.4 Å². The summed E-state index contributed by atoms with van der Waals surface area (Å²) >= 11 is 0. The van der Waals surface area contributed by atoms with Gasteiger partial charge in [-0.15, -0.1) is 0 Å². The molecule has 0 radical (unpaired) electrons. The third-order valence-electron chi connectivity index (χ3n) is 3.15. The molecule has 1 fully saturated rings. The molecule has 1 amide bonds. The van der Waals surface area contributed by atoms with Crippen LogP contribution in [0.1, 0.15) is 25.3 Å². The number of aromatic nitrogens is 1. The fourth-order valence-corrected chi connectivity index (χ4v) is 2.20. The molecule has 104 valence electrons. The summed E-state index contributed by atoms with van der Waals surface area (Å²) in [6.45, 7) is 3.14. The summed E-state index contributed by atoms with van der Waals surface area (Å²) in [5.74, 6) is 0.453. The van der Waals surface area contributed by atoms with Crippen molar-refractivity contribution in [2.75, 3.05) is 13.1 Å². The molecule has 20 heavy (non-hydrogen) atoms. The van der Waals surface area contributed by atoms with Gasteiger partial charge in [0.15, 0.2) is 0 Å². The van der Waals surface area contributed by atoms with Gasteiger partial charge in [0.1, 0.15) is 6.10 Å². The summed E-state index contributed by atoms with van der Waals surface area (Å²) < 4.78 is 5.78. The highest BCUT2D eigenvalue weighted by atomic mass is 16.5. The quantitative estimate of drug-likeness (QED) is 0.787. The number of pyridine rings is 1. The number of ether oxygens (including phenoxy) is 1. The molecule has 1 aliphatic rings. The van der Waals surface area contributed by atoms with Crippen molar-refractivity contribution in [3.63, 3.8) is 0 Å². The van der Waals surface area contributed by atoms with E-state index in [-0.39, 0.29) is 12.0 Å². The second kappa shape index (κ2) is 6.71. The number of carbonyl (C=O) groups excluding carboxylic acids is 1. The number of likely N-dealkylation sites (tertiary alicyclic amines) is 1. The van der Waals surface area contributed by atoms with E-state index >= 15 is 0 Å². The third kappa shape index (κ3) is 3.58. The number of piperidine rings is 1. The minimum atomic E-state index is -0.0700. The number of amides is 1. The maximum absolute atomic E-state index is 11.8. The number of hydrogen-bond acceptors (Lipinski definition) is 4. The summed E-state index contributed by atoms with van der Waals surface area (Å²) in [5.41, 5.74) is 0.521. The lowest BCUT2D eigenvalue weighted by molar-refractivity contribution is -0.128. The van der Waals surface area contributed by atoms with Gasteiger partial charge < -0.3 is 9.64 Å². The van der Waals surface area contributed by atoms with E-state index in [1.165, 1.54) is 0 Å². The highest BCUT2D eigenvalue weighted by Crippen LogP contribution is 2.17. The fourth-order valence-electron chi connectivity index (χ4n) is 2.20. The zero-order valence-corrected chi connectivity index (χ0v) is 11.5. The Morgan fingerprint density at radius 1 is 1.65 bits per heavy atom. The van der Waals surface area contributed by atoms with Crippen molar-refractivity contribution < 1.29 is 9.53 Å². The lowest BCUT2D eigenvalue weighted by atomic mass is 10.1. The van der Waals surface area contributed by atoms with Crippen molar-refractivity contribution >= 4 is 5.91 Å². The molecule has 0 aromatic carbocycles. The fraction of sp³-hybridized carbons (Fsp3) is 0.400. The molecule has 1 unspecified atom stereocenters. The maximum atomic E-state index is 11.8. The predicted molar refractivity (Wildman–Crippen MR) is 74.0 cm³/mol. The van der Waals surface area contributed by atoms with Gasteiger partial charge in [-0.3, -0.25) is 4.79 Å². The first kappa shape index (κ1) is 14.1. The monoisotopic (exact) mass is 271 g/mol. The molecule has 1 atom stereocenters. The minimum absolute atomic E-state index is 0.0135. The van der Waals surface area contributed by atoms with Crippen LogP contribution in [-0.4, -0.2) is 35.0 Å². The van der Waals surface area contributed by atoms with E-state index in [4.69, 9.17) is 10.00 Å². The summed E-state index contributed by atoms with van der Waals surface area (Å²) in [5, 5.41) is 8.85. The Kier molecular flexibility index (Phi) is 4.72. The van der Waals surface area contributed by atoms with Crippen LogP contribution in [0.2, 0.25) is 0 Å². The van der Waals surface area contributed by atoms with Gasteiger partial charge in [0.05, 0.1) is 18.2 Å². The molecule has 1 saturated heterocycles. The molecule has 0 bridgehead atoms. The van der Waals surface area contributed by atoms with Crippen molar-refractivity contribution in [3.8, 4) is 11.9 Å². The Bertz CT molecular complexity index is 548. The summed E-state index contributed by atoms with van der Waals surface area (Å²) in [4.78, 5) is 17.7. The normalized spacial score (nSPS) is 18.8. The van der Waals surface area contributed by atoms with Crippen molar-refractivity contribution in [1.29, 1.82) is 5.26 Å². The molecule has 0 spiro atoms. The number of allylic oxidation sites excluding steroid dienone is 1. The van der Waals surface area contributed by atoms with Gasteiger partial charge in [-0.1, -0.05) is 6.08 Å².